The van der Waals surface area contributed by atoms with Gasteiger partial charge in [-0.2, -0.15) is 0 Å². The predicted octanol–water partition coefficient (Wildman–Crippen LogP) is 4.09. The second-order valence-electron chi connectivity index (χ2n) is 10.5. The van der Waals surface area contributed by atoms with Crippen molar-refractivity contribution < 1.29 is 19.7 Å². The molecule has 1 saturated carbocycles. The van der Waals surface area contributed by atoms with Crippen LogP contribution in [0.4, 0.5) is 5.69 Å². The molecule has 1 aliphatic rings. The number of hydrogen-bond donors (Lipinski definition) is 3. The molecule has 1 aromatic heterocycles. The van der Waals surface area contributed by atoms with Gasteiger partial charge in [-0.25, -0.2) is 0 Å². The molecule has 1 amide bonds. The van der Waals surface area contributed by atoms with Crippen molar-refractivity contribution in [1.82, 2.24) is 4.57 Å². The zero-order valence-electron chi connectivity index (χ0n) is 20.1. The standard InChI is InChI=1S/C26H33BN2O4/c1-25(2,3)23-12-16-11-19(6-7-20(16)29(23)14-18(27)15-33-4)28-24(32)26(9-10-26)17-5-8-21(30)22(31)13-17/h5-8,11-13,18,30-31H,9-10,14-15,27H2,1-4H3,(H,28,32). The van der Waals surface area contributed by atoms with E-state index in [1.807, 2.05) is 12.1 Å². The number of aromatic hydroxyl groups is 2. The van der Waals surface area contributed by atoms with Gasteiger partial charge in [0.2, 0.25) is 5.91 Å². The van der Waals surface area contributed by atoms with Gasteiger partial charge in [-0.3, -0.25) is 4.79 Å². The number of nitrogens with one attached hydrogen (secondary N) is 1. The number of fused-ring (bicyclic) bond motifs is 1. The van der Waals surface area contributed by atoms with Gasteiger partial charge in [0.1, 0.15) is 7.85 Å². The highest BCUT2D eigenvalue weighted by Crippen LogP contribution is 2.50. The van der Waals surface area contributed by atoms with Crippen LogP contribution < -0.4 is 5.32 Å². The zero-order valence-corrected chi connectivity index (χ0v) is 20.1. The molecule has 1 unspecified atom stereocenters. The predicted molar refractivity (Wildman–Crippen MR) is 134 cm³/mol. The maximum Gasteiger partial charge on any atom is 0.235 e. The monoisotopic (exact) mass is 448 g/mol. The van der Waals surface area contributed by atoms with E-state index in [2.05, 4.69) is 50.6 Å². The molecule has 1 aliphatic carbocycles. The van der Waals surface area contributed by atoms with E-state index in [1.54, 1.807) is 13.2 Å². The molecule has 0 aliphatic heterocycles. The highest BCUT2D eigenvalue weighted by Gasteiger charge is 2.51. The Bertz CT molecular complexity index is 1190. The largest absolute Gasteiger partial charge is 0.504 e. The molecular formula is C26H33BN2O4. The topological polar surface area (TPSA) is 83.7 Å². The lowest BCUT2D eigenvalue weighted by molar-refractivity contribution is -0.118. The molecule has 0 saturated heterocycles. The Hall–Kier alpha value is -2.93. The van der Waals surface area contributed by atoms with Crippen molar-refractivity contribution >= 4 is 30.3 Å². The molecule has 3 N–H and O–H groups in total. The highest BCUT2D eigenvalue weighted by molar-refractivity contribution is 6.11. The molecule has 1 heterocycles. The van der Waals surface area contributed by atoms with E-state index in [9.17, 15) is 15.0 Å². The Morgan fingerprint density at radius 1 is 1.15 bits per heavy atom. The molecule has 4 rings (SSSR count). The van der Waals surface area contributed by atoms with Crippen molar-refractivity contribution in [3.05, 3.63) is 53.7 Å². The van der Waals surface area contributed by atoms with Crippen molar-refractivity contribution in [3.63, 3.8) is 0 Å². The van der Waals surface area contributed by atoms with Crippen LogP contribution in [-0.4, -0.2) is 42.3 Å². The van der Waals surface area contributed by atoms with Crippen molar-refractivity contribution in [3.8, 4) is 11.5 Å². The van der Waals surface area contributed by atoms with Gasteiger partial charge >= 0.3 is 0 Å². The highest BCUT2D eigenvalue weighted by atomic mass is 16.5. The van der Waals surface area contributed by atoms with Crippen LogP contribution in [0.15, 0.2) is 42.5 Å². The molecule has 1 fully saturated rings. The minimum absolute atomic E-state index is 0.0197. The summed E-state index contributed by atoms with van der Waals surface area (Å²) in [5.41, 5.74) is 3.20. The molecule has 174 valence electrons. The Morgan fingerprint density at radius 3 is 2.48 bits per heavy atom. The van der Waals surface area contributed by atoms with Crippen molar-refractivity contribution in [1.29, 1.82) is 0 Å². The van der Waals surface area contributed by atoms with Gasteiger partial charge in [0.05, 0.1) is 5.41 Å². The number of carbonyl (C=O) groups excluding carboxylic acids is 1. The third-order valence-electron chi connectivity index (χ3n) is 6.59. The smallest absolute Gasteiger partial charge is 0.235 e. The van der Waals surface area contributed by atoms with E-state index in [4.69, 9.17) is 4.74 Å². The van der Waals surface area contributed by atoms with Gasteiger partial charge in [0.15, 0.2) is 11.5 Å². The van der Waals surface area contributed by atoms with Crippen LogP contribution in [0.2, 0.25) is 5.82 Å². The van der Waals surface area contributed by atoms with Crippen molar-refractivity contribution in [2.24, 2.45) is 0 Å². The minimum Gasteiger partial charge on any atom is -0.504 e. The first-order valence-corrected chi connectivity index (χ1v) is 11.5. The number of nitrogens with zero attached hydrogens (tertiary/aromatic N) is 1. The number of hydrogen-bond acceptors (Lipinski definition) is 4. The molecule has 2 aromatic carbocycles. The fourth-order valence-corrected chi connectivity index (χ4v) is 4.66. The molecule has 0 radical (unpaired) electrons. The van der Waals surface area contributed by atoms with E-state index in [0.29, 0.717) is 25.3 Å². The molecule has 1 atom stereocenters. The maximum absolute atomic E-state index is 13.2. The van der Waals surface area contributed by atoms with Gasteiger partial charge in [-0.1, -0.05) is 26.8 Å². The molecule has 7 heteroatoms. The summed E-state index contributed by atoms with van der Waals surface area (Å²) in [5.74, 6) is -0.0928. The Labute approximate surface area is 196 Å². The van der Waals surface area contributed by atoms with E-state index in [-0.39, 0.29) is 22.8 Å². The number of phenols is 2. The first kappa shape index (κ1) is 23.2. The molecule has 0 spiro atoms. The van der Waals surface area contributed by atoms with E-state index in [0.717, 1.165) is 28.7 Å². The molecular weight excluding hydrogens is 415 g/mol. The van der Waals surface area contributed by atoms with Crippen LogP contribution in [0, 0.1) is 0 Å². The summed E-state index contributed by atoms with van der Waals surface area (Å²) in [7, 11) is 3.92. The fourth-order valence-electron chi connectivity index (χ4n) is 4.66. The summed E-state index contributed by atoms with van der Waals surface area (Å²) >= 11 is 0. The third-order valence-corrected chi connectivity index (χ3v) is 6.59. The second-order valence-corrected chi connectivity index (χ2v) is 10.5. The van der Waals surface area contributed by atoms with Gasteiger partial charge in [0, 0.05) is 48.0 Å². The number of aromatic nitrogens is 1. The average molecular weight is 448 g/mol. The summed E-state index contributed by atoms with van der Waals surface area (Å²) in [5, 5.41) is 23.7. The van der Waals surface area contributed by atoms with Crippen LogP contribution >= 0.6 is 0 Å². The number of ether oxygens (including phenoxy) is 1. The zero-order chi connectivity index (χ0) is 24.0. The molecule has 0 bridgehead atoms. The number of benzene rings is 2. The normalized spacial score (nSPS) is 16.0. The van der Waals surface area contributed by atoms with Crippen molar-refractivity contribution in [2.75, 3.05) is 19.0 Å². The number of rotatable bonds is 7. The number of anilines is 1. The second kappa shape index (κ2) is 8.45. The Morgan fingerprint density at radius 2 is 1.88 bits per heavy atom. The van der Waals surface area contributed by atoms with Crippen LogP contribution in [0.3, 0.4) is 0 Å². The first-order valence-electron chi connectivity index (χ1n) is 11.5. The third kappa shape index (κ3) is 4.47. The number of carbonyl (C=O) groups is 1. The molecule has 3 aromatic rings. The van der Waals surface area contributed by atoms with E-state index >= 15 is 0 Å². The van der Waals surface area contributed by atoms with Gasteiger partial charge in [0.25, 0.3) is 0 Å². The lowest BCUT2D eigenvalue weighted by Gasteiger charge is -2.24. The summed E-state index contributed by atoms with van der Waals surface area (Å²) in [6, 6.07) is 12.9. The molecule has 33 heavy (non-hydrogen) atoms. The SMILES string of the molecule is BC(COC)Cn1c(C(C)(C)C)cc2cc(NC(=O)C3(c4ccc(O)c(O)c4)CC3)ccc21. The summed E-state index contributed by atoms with van der Waals surface area (Å²) in [6.07, 6.45) is 1.43. The number of methoxy groups -OCH3 is 1. The van der Waals surface area contributed by atoms with Gasteiger partial charge in [-0.05, 0) is 60.6 Å². The number of amides is 1. The summed E-state index contributed by atoms with van der Waals surface area (Å²) in [6.45, 7) is 8.21. The van der Waals surface area contributed by atoms with E-state index < -0.39 is 5.41 Å². The van der Waals surface area contributed by atoms with Crippen LogP contribution in [0.25, 0.3) is 10.9 Å². The number of phenolic OH excluding ortho intramolecular Hbond substituents is 2. The van der Waals surface area contributed by atoms with Gasteiger partial charge < -0.3 is 24.8 Å². The van der Waals surface area contributed by atoms with Crippen LogP contribution in [-0.2, 0) is 26.9 Å². The van der Waals surface area contributed by atoms with E-state index in [1.165, 1.54) is 17.8 Å². The lowest BCUT2D eigenvalue weighted by Crippen LogP contribution is -2.27. The Kier molecular flexibility index (Phi) is 5.95. The lowest BCUT2D eigenvalue weighted by atomic mass is 9.87. The first-order chi connectivity index (χ1) is 15.5. The molecule has 6 nitrogen and oxygen atoms in total. The summed E-state index contributed by atoms with van der Waals surface area (Å²) < 4.78 is 7.72. The van der Waals surface area contributed by atoms with Crippen LogP contribution in [0.5, 0.6) is 11.5 Å². The quantitative estimate of drug-likeness (QED) is 0.376. The average Bonchev–Trinajstić information content (AvgIpc) is 3.47. The van der Waals surface area contributed by atoms with Gasteiger partial charge in [-0.15, -0.1) is 0 Å². The summed E-state index contributed by atoms with van der Waals surface area (Å²) in [4.78, 5) is 13.2. The Balaban J connectivity index is 1.63. The maximum atomic E-state index is 13.2. The minimum atomic E-state index is -0.655. The fraction of sp³-hybridized carbons (Fsp3) is 0.423. The van der Waals surface area contributed by atoms with Crippen LogP contribution in [0.1, 0.15) is 44.9 Å². The van der Waals surface area contributed by atoms with Crippen molar-refractivity contribution in [2.45, 2.75) is 56.8 Å².